The Morgan fingerprint density at radius 1 is 1.53 bits per heavy atom. The van der Waals surface area contributed by atoms with Gasteiger partial charge in [-0.3, -0.25) is 9.69 Å². The summed E-state index contributed by atoms with van der Waals surface area (Å²) in [6, 6.07) is 0.310. The fourth-order valence-corrected chi connectivity index (χ4v) is 2.77. The standard InChI is InChI=1S/C13H25N3O/c1-4-12(2,3)16-8-10(15-11(17)7-14)13(9-16)5-6-13/h10H,4-9,14H2,1-3H3,(H,15,17). The molecule has 1 unspecified atom stereocenters. The van der Waals surface area contributed by atoms with Crippen LogP contribution in [0.3, 0.4) is 0 Å². The summed E-state index contributed by atoms with van der Waals surface area (Å²) in [5.74, 6) is -0.0163. The van der Waals surface area contributed by atoms with Crippen LogP contribution in [-0.4, -0.2) is 42.0 Å². The summed E-state index contributed by atoms with van der Waals surface area (Å²) in [5.41, 5.74) is 5.97. The third-order valence-electron chi connectivity index (χ3n) is 4.78. The highest BCUT2D eigenvalue weighted by Gasteiger charge is 2.57. The molecule has 0 aromatic carbocycles. The molecule has 0 aromatic heterocycles. The van der Waals surface area contributed by atoms with E-state index in [2.05, 4.69) is 31.0 Å². The molecule has 0 aromatic rings. The minimum Gasteiger partial charge on any atom is -0.350 e. The van der Waals surface area contributed by atoms with Gasteiger partial charge < -0.3 is 11.1 Å². The summed E-state index contributed by atoms with van der Waals surface area (Å²) in [7, 11) is 0. The van der Waals surface area contributed by atoms with Gasteiger partial charge >= 0.3 is 0 Å². The van der Waals surface area contributed by atoms with Crippen LogP contribution in [-0.2, 0) is 4.79 Å². The molecule has 3 N–H and O–H groups in total. The maximum absolute atomic E-state index is 11.5. The van der Waals surface area contributed by atoms with Crippen LogP contribution in [0.1, 0.15) is 40.0 Å². The van der Waals surface area contributed by atoms with Gasteiger partial charge in [-0.05, 0) is 33.1 Å². The predicted octanol–water partition coefficient (Wildman–Crippen LogP) is 0.714. The second-order valence-corrected chi connectivity index (χ2v) is 6.23. The number of likely N-dealkylation sites (tertiary alicyclic amines) is 1. The van der Waals surface area contributed by atoms with Gasteiger partial charge in [0.15, 0.2) is 0 Å². The van der Waals surface area contributed by atoms with E-state index in [-0.39, 0.29) is 18.0 Å². The average Bonchev–Trinajstić information content (AvgIpc) is 2.98. The van der Waals surface area contributed by atoms with Crippen LogP contribution >= 0.6 is 0 Å². The normalized spacial score (nSPS) is 27.4. The van der Waals surface area contributed by atoms with Gasteiger partial charge in [0, 0.05) is 30.1 Å². The Bertz CT molecular complexity index is 310. The van der Waals surface area contributed by atoms with E-state index in [1.54, 1.807) is 0 Å². The second-order valence-electron chi connectivity index (χ2n) is 6.23. The molecule has 1 spiro atoms. The Morgan fingerprint density at radius 2 is 2.18 bits per heavy atom. The molecule has 0 bridgehead atoms. The van der Waals surface area contributed by atoms with Gasteiger partial charge in [-0.25, -0.2) is 0 Å². The van der Waals surface area contributed by atoms with Crippen LogP contribution in [0.2, 0.25) is 0 Å². The van der Waals surface area contributed by atoms with Gasteiger partial charge in [0.05, 0.1) is 6.54 Å². The highest BCUT2D eigenvalue weighted by Crippen LogP contribution is 2.54. The largest absolute Gasteiger partial charge is 0.350 e. The number of rotatable bonds is 4. The molecule has 1 aliphatic heterocycles. The first-order valence-corrected chi connectivity index (χ1v) is 6.68. The number of nitrogens with one attached hydrogen (secondary N) is 1. The molecular weight excluding hydrogens is 214 g/mol. The summed E-state index contributed by atoms with van der Waals surface area (Å²) in [4.78, 5) is 14.0. The number of nitrogens with two attached hydrogens (primary N) is 1. The van der Waals surface area contributed by atoms with Crippen LogP contribution in [0.4, 0.5) is 0 Å². The van der Waals surface area contributed by atoms with Crippen LogP contribution in [0.25, 0.3) is 0 Å². The molecule has 98 valence electrons. The number of hydrogen-bond donors (Lipinski definition) is 2. The lowest BCUT2D eigenvalue weighted by atomic mass is 9.99. The van der Waals surface area contributed by atoms with E-state index < -0.39 is 0 Å². The zero-order valence-corrected chi connectivity index (χ0v) is 11.3. The summed E-state index contributed by atoms with van der Waals surface area (Å²) < 4.78 is 0. The van der Waals surface area contributed by atoms with E-state index in [0.717, 1.165) is 19.5 Å². The molecule has 1 aliphatic carbocycles. The highest BCUT2D eigenvalue weighted by molar-refractivity contribution is 5.78. The first-order valence-electron chi connectivity index (χ1n) is 6.68. The maximum atomic E-state index is 11.5. The molecule has 0 radical (unpaired) electrons. The van der Waals surface area contributed by atoms with Crippen molar-refractivity contribution in [1.82, 2.24) is 10.2 Å². The molecular formula is C13H25N3O. The number of carbonyl (C=O) groups is 1. The molecule has 1 saturated carbocycles. The van der Waals surface area contributed by atoms with E-state index in [1.165, 1.54) is 12.8 Å². The van der Waals surface area contributed by atoms with Crippen molar-refractivity contribution in [1.29, 1.82) is 0 Å². The third kappa shape index (κ3) is 2.33. The van der Waals surface area contributed by atoms with Crippen molar-refractivity contribution in [2.24, 2.45) is 11.1 Å². The summed E-state index contributed by atoms with van der Waals surface area (Å²) in [5, 5.41) is 3.10. The smallest absolute Gasteiger partial charge is 0.234 e. The van der Waals surface area contributed by atoms with Crippen LogP contribution in [0.5, 0.6) is 0 Å². The maximum Gasteiger partial charge on any atom is 0.234 e. The van der Waals surface area contributed by atoms with Crippen LogP contribution < -0.4 is 11.1 Å². The van der Waals surface area contributed by atoms with Crippen molar-refractivity contribution in [2.45, 2.75) is 51.6 Å². The second kappa shape index (κ2) is 4.25. The Morgan fingerprint density at radius 3 is 2.65 bits per heavy atom. The highest BCUT2D eigenvalue weighted by atomic mass is 16.1. The zero-order chi connectivity index (χ0) is 12.7. The van der Waals surface area contributed by atoms with E-state index in [0.29, 0.717) is 11.5 Å². The summed E-state index contributed by atoms with van der Waals surface area (Å²) in [6.07, 6.45) is 3.64. The van der Waals surface area contributed by atoms with Gasteiger partial charge in [0.2, 0.25) is 5.91 Å². The molecule has 4 nitrogen and oxygen atoms in total. The average molecular weight is 239 g/mol. The van der Waals surface area contributed by atoms with Crippen molar-refractivity contribution < 1.29 is 4.79 Å². The third-order valence-corrected chi connectivity index (χ3v) is 4.78. The Balaban J connectivity index is 2.03. The number of amides is 1. The SMILES string of the molecule is CCC(C)(C)N1CC(NC(=O)CN)C2(CC2)C1. The lowest BCUT2D eigenvalue weighted by Crippen LogP contribution is -2.46. The molecule has 4 heteroatoms. The zero-order valence-electron chi connectivity index (χ0n) is 11.3. The Kier molecular flexibility index (Phi) is 3.21. The van der Waals surface area contributed by atoms with Crippen molar-refractivity contribution >= 4 is 5.91 Å². The summed E-state index contributed by atoms with van der Waals surface area (Å²) in [6.45, 7) is 9.01. The monoisotopic (exact) mass is 239 g/mol. The topological polar surface area (TPSA) is 58.4 Å². The summed E-state index contributed by atoms with van der Waals surface area (Å²) >= 11 is 0. The molecule has 17 heavy (non-hydrogen) atoms. The van der Waals surface area contributed by atoms with Crippen molar-refractivity contribution in [3.05, 3.63) is 0 Å². The van der Waals surface area contributed by atoms with Gasteiger partial charge in [0.1, 0.15) is 0 Å². The van der Waals surface area contributed by atoms with Gasteiger partial charge in [-0.2, -0.15) is 0 Å². The minimum absolute atomic E-state index is 0.0163. The fourth-order valence-electron chi connectivity index (χ4n) is 2.77. The van der Waals surface area contributed by atoms with E-state index in [9.17, 15) is 4.79 Å². The molecule has 2 rings (SSSR count). The van der Waals surface area contributed by atoms with Crippen molar-refractivity contribution in [3.63, 3.8) is 0 Å². The molecule has 1 heterocycles. The molecule has 2 aliphatic rings. The minimum atomic E-state index is -0.0163. The van der Waals surface area contributed by atoms with Crippen molar-refractivity contribution in [2.75, 3.05) is 19.6 Å². The first-order chi connectivity index (χ1) is 7.93. The van der Waals surface area contributed by atoms with E-state index in [1.807, 2.05) is 0 Å². The molecule has 1 atom stereocenters. The quantitative estimate of drug-likeness (QED) is 0.760. The van der Waals surface area contributed by atoms with Gasteiger partial charge in [0.25, 0.3) is 0 Å². The molecule has 1 amide bonds. The first kappa shape index (κ1) is 12.8. The number of carbonyl (C=O) groups excluding carboxylic acids is 1. The van der Waals surface area contributed by atoms with Crippen molar-refractivity contribution in [3.8, 4) is 0 Å². The number of hydrogen-bond acceptors (Lipinski definition) is 3. The lowest BCUT2D eigenvalue weighted by molar-refractivity contribution is -0.120. The van der Waals surface area contributed by atoms with Crippen LogP contribution in [0.15, 0.2) is 0 Å². The molecule has 2 fully saturated rings. The Labute approximate surface area is 104 Å². The van der Waals surface area contributed by atoms with E-state index >= 15 is 0 Å². The predicted molar refractivity (Wildman–Crippen MR) is 68.6 cm³/mol. The number of nitrogens with zero attached hydrogens (tertiary/aromatic N) is 1. The lowest BCUT2D eigenvalue weighted by Gasteiger charge is -2.34. The van der Waals surface area contributed by atoms with Gasteiger partial charge in [-0.1, -0.05) is 6.92 Å². The van der Waals surface area contributed by atoms with Crippen LogP contribution in [0, 0.1) is 5.41 Å². The van der Waals surface area contributed by atoms with Gasteiger partial charge in [-0.15, -0.1) is 0 Å². The Hall–Kier alpha value is -0.610. The molecule has 1 saturated heterocycles. The fraction of sp³-hybridized carbons (Fsp3) is 0.923. The van der Waals surface area contributed by atoms with E-state index in [4.69, 9.17) is 5.73 Å².